The van der Waals surface area contributed by atoms with E-state index in [1.54, 1.807) is 32.0 Å². The van der Waals surface area contributed by atoms with E-state index in [2.05, 4.69) is 32.0 Å². The SMILES string of the molecule is COc1ccc(CN2CCC[C@@H](c3nccnc3-n3ccnc3)C2)cc1. The lowest BCUT2D eigenvalue weighted by atomic mass is 9.94. The fourth-order valence-electron chi connectivity index (χ4n) is 3.62. The maximum Gasteiger partial charge on any atom is 0.160 e. The van der Waals surface area contributed by atoms with Crippen LogP contribution in [0.3, 0.4) is 0 Å². The Bertz CT molecular complexity index is 832. The molecule has 0 amide bonds. The van der Waals surface area contributed by atoms with E-state index in [1.165, 1.54) is 12.0 Å². The van der Waals surface area contributed by atoms with Gasteiger partial charge in [-0.3, -0.25) is 14.5 Å². The highest BCUT2D eigenvalue weighted by molar-refractivity contribution is 5.31. The van der Waals surface area contributed by atoms with Crippen molar-refractivity contribution < 1.29 is 4.74 Å². The fourth-order valence-corrected chi connectivity index (χ4v) is 3.62. The zero-order valence-corrected chi connectivity index (χ0v) is 15.0. The van der Waals surface area contributed by atoms with Gasteiger partial charge in [0, 0.05) is 43.8 Å². The van der Waals surface area contributed by atoms with Crippen LogP contribution < -0.4 is 4.74 Å². The minimum Gasteiger partial charge on any atom is -0.497 e. The van der Waals surface area contributed by atoms with Gasteiger partial charge in [-0.15, -0.1) is 0 Å². The van der Waals surface area contributed by atoms with Gasteiger partial charge in [0.1, 0.15) is 12.1 Å². The van der Waals surface area contributed by atoms with Crippen LogP contribution in [0, 0.1) is 0 Å². The number of hydrogen-bond donors (Lipinski definition) is 0. The van der Waals surface area contributed by atoms with Crippen molar-refractivity contribution in [3.8, 4) is 11.6 Å². The Kier molecular flexibility index (Phi) is 4.93. The quantitative estimate of drug-likeness (QED) is 0.709. The maximum absolute atomic E-state index is 5.25. The molecule has 3 heterocycles. The zero-order chi connectivity index (χ0) is 17.8. The number of methoxy groups -OCH3 is 1. The van der Waals surface area contributed by atoms with Crippen molar-refractivity contribution in [1.82, 2.24) is 24.4 Å². The molecule has 3 aromatic rings. The standard InChI is InChI=1S/C20H23N5O/c1-26-18-6-4-16(5-7-18)13-24-11-2-3-17(14-24)19-20(23-9-8-22-19)25-12-10-21-15-25/h4-10,12,15,17H,2-3,11,13-14H2,1H3/t17-/m1/s1. The number of ether oxygens (including phenoxy) is 1. The van der Waals surface area contributed by atoms with Gasteiger partial charge in [-0.1, -0.05) is 12.1 Å². The van der Waals surface area contributed by atoms with Crippen molar-refractivity contribution in [3.05, 3.63) is 66.6 Å². The molecule has 1 aliphatic heterocycles. The molecule has 0 spiro atoms. The van der Waals surface area contributed by atoms with Crippen LogP contribution in [0.4, 0.5) is 0 Å². The molecule has 6 heteroatoms. The smallest absolute Gasteiger partial charge is 0.160 e. The Labute approximate surface area is 153 Å². The van der Waals surface area contributed by atoms with E-state index >= 15 is 0 Å². The van der Waals surface area contributed by atoms with Crippen molar-refractivity contribution in [1.29, 1.82) is 0 Å². The third-order valence-electron chi connectivity index (χ3n) is 4.91. The summed E-state index contributed by atoms with van der Waals surface area (Å²) in [5.74, 6) is 2.17. The molecular weight excluding hydrogens is 326 g/mol. The molecule has 0 aliphatic carbocycles. The Morgan fingerprint density at radius 1 is 1.12 bits per heavy atom. The zero-order valence-electron chi connectivity index (χ0n) is 15.0. The van der Waals surface area contributed by atoms with Crippen molar-refractivity contribution in [3.63, 3.8) is 0 Å². The van der Waals surface area contributed by atoms with Gasteiger partial charge in [-0.2, -0.15) is 0 Å². The first-order chi connectivity index (χ1) is 12.8. The van der Waals surface area contributed by atoms with E-state index in [1.807, 2.05) is 22.9 Å². The average Bonchev–Trinajstić information content (AvgIpc) is 3.23. The first kappa shape index (κ1) is 16.7. The number of likely N-dealkylation sites (tertiary alicyclic amines) is 1. The predicted octanol–water partition coefficient (Wildman–Crippen LogP) is 3.05. The van der Waals surface area contributed by atoms with E-state index in [4.69, 9.17) is 4.74 Å². The summed E-state index contributed by atoms with van der Waals surface area (Å²) in [4.78, 5) is 15.9. The third-order valence-corrected chi connectivity index (χ3v) is 4.91. The van der Waals surface area contributed by atoms with E-state index in [9.17, 15) is 0 Å². The van der Waals surface area contributed by atoms with E-state index in [-0.39, 0.29) is 0 Å². The molecule has 1 atom stereocenters. The van der Waals surface area contributed by atoms with Crippen LogP contribution in [0.2, 0.25) is 0 Å². The molecule has 2 aromatic heterocycles. The monoisotopic (exact) mass is 349 g/mol. The summed E-state index contributed by atoms with van der Waals surface area (Å²) in [6.07, 6.45) is 11.3. The number of imidazole rings is 1. The molecule has 4 rings (SSSR count). The number of aromatic nitrogens is 4. The van der Waals surface area contributed by atoms with Crippen molar-refractivity contribution in [2.24, 2.45) is 0 Å². The molecule has 1 aromatic carbocycles. The molecule has 134 valence electrons. The molecule has 1 saturated heterocycles. The Balaban J connectivity index is 1.50. The van der Waals surface area contributed by atoms with Crippen LogP contribution in [0.1, 0.15) is 30.0 Å². The van der Waals surface area contributed by atoms with Gasteiger partial charge < -0.3 is 4.74 Å². The highest BCUT2D eigenvalue weighted by Crippen LogP contribution is 2.29. The minimum atomic E-state index is 0.382. The van der Waals surface area contributed by atoms with E-state index in [0.29, 0.717) is 5.92 Å². The topological polar surface area (TPSA) is 56.1 Å². The molecule has 6 nitrogen and oxygen atoms in total. The number of hydrogen-bond acceptors (Lipinski definition) is 5. The Hall–Kier alpha value is -2.73. The van der Waals surface area contributed by atoms with Gasteiger partial charge in [-0.25, -0.2) is 9.97 Å². The number of nitrogens with zero attached hydrogens (tertiary/aromatic N) is 5. The third kappa shape index (κ3) is 3.60. The lowest BCUT2D eigenvalue weighted by Gasteiger charge is -2.33. The second kappa shape index (κ2) is 7.66. The highest BCUT2D eigenvalue weighted by atomic mass is 16.5. The van der Waals surface area contributed by atoms with Crippen LogP contribution in [0.25, 0.3) is 5.82 Å². The number of benzene rings is 1. The fraction of sp³-hybridized carbons (Fsp3) is 0.350. The number of rotatable bonds is 5. The van der Waals surface area contributed by atoms with E-state index < -0.39 is 0 Å². The molecule has 1 fully saturated rings. The average molecular weight is 349 g/mol. The van der Waals surface area contributed by atoms with Crippen LogP contribution in [0.5, 0.6) is 5.75 Å². The summed E-state index contributed by atoms with van der Waals surface area (Å²) in [6, 6.07) is 8.33. The van der Waals surface area contributed by atoms with E-state index in [0.717, 1.165) is 43.3 Å². The molecule has 0 radical (unpaired) electrons. The Morgan fingerprint density at radius 2 is 1.96 bits per heavy atom. The van der Waals surface area contributed by atoms with Gasteiger partial charge in [0.2, 0.25) is 0 Å². The Morgan fingerprint density at radius 3 is 2.73 bits per heavy atom. The molecule has 26 heavy (non-hydrogen) atoms. The van der Waals surface area contributed by atoms with Gasteiger partial charge in [0.25, 0.3) is 0 Å². The lowest BCUT2D eigenvalue weighted by molar-refractivity contribution is 0.198. The maximum atomic E-state index is 5.25. The van der Waals surface area contributed by atoms with Crippen LogP contribution in [-0.2, 0) is 6.54 Å². The summed E-state index contributed by atoms with van der Waals surface area (Å²) in [5.41, 5.74) is 2.37. The molecule has 1 aliphatic rings. The summed E-state index contributed by atoms with van der Waals surface area (Å²) in [6.45, 7) is 3.05. The summed E-state index contributed by atoms with van der Waals surface area (Å²) < 4.78 is 7.20. The molecule has 0 unspecified atom stereocenters. The first-order valence-electron chi connectivity index (χ1n) is 8.98. The largest absolute Gasteiger partial charge is 0.497 e. The first-order valence-corrected chi connectivity index (χ1v) is 8.98. The van der Waals surface area contributed by atoms with Crippen molar-refractivity contribution in [2.75, 3.05) is 20.2 Å². The summed E-state index contributed by atoms with van der Waals surface area (Å²) in [5, 5.41) is 0. The van der Waals surface area contributed by atoms with Crippen LogP contribution >= 0.6 is 0 Å². The van der Waals surface area contributed by atoms with Gasteiger partial charge in [0.15, 0.2) is 5.82 Å². The number of piperidine rings is 1. The summed E-state index contributed by atoms with van der Waals surface area (Å²) >= 11 is 0. The second-order valence-corrected chi connectivity index (χ2v) is 6.66. The molecule has 0 saturated carbocycles. The van der Waals surface area contributed by atoms with Gasteiger partial charge >= 0.3 is 0 Å². The van der Waals surface area contributed by atoms with Crippen LogP contribution in [-0.4, -0.2) is 44.6 Å². The predicted molar refractivity (Wildman–Crippen MR) is 99.4 cm³/mol. The minimum absolute atomic E-state index is 0.382. The summed E-state index contributed by atoms with van der Waals surface area (Å²) in [7, 11) is 1.70. The molecular formula is C20H23N5O. The normalized spacial score (nSPS) is 18.0. The second-order valence-electron chi connectivity index (χ2n) is 6.66. The molecule has 0 bridgehead atoms. The van der Waals surface area contributed by atoms with Crippen molar-refractivity contribution in [2.45, 2.75) is 25.3 Å². The molecule has 0 N–H and O–H groups in total. The highest BCUT2D eigenvalue weighted by Gasteiger charge is 2.25. The van der Waals surface area contributed by atoms with Gasteiger partial charge in [0.05, 0.1) is 12.8 Å². The van der Waals surface area contributed by atoms with Gasteiger partial charge in [-0.05, 0) is 37.1 Å². The van der Waals surface area contributed by atoms with Crippen molar-refractivity contribution >= 4 is 0 Å². The van der Waals surface area contributed by atoms with Crippen LogP contribution in [0.15, 0.2) is 55.4 Å². The lowest BCUT2D eigenvalue weighted by Crippen LogP contribution is -2.34.